The van der Waals surface area contributed by atoms with Crippen molar-refractivity contribution in [1.29, 1.82) is 0 Å². The second-order valence-electron chi connectivity index (χ2n) is 7.92. The number of nitrogens with zero attached hydrogens (tertiary/aromatic N) is 6. The van der Waals surface area contributed by atoms with Crippen LogP contribution in [0.2, 0.25) is 10.0 Å². The van der Waals surface area contributed by atoms with Crippen LogP contribution < -0.4 is 5.32 Å². The third kappa shape index (κ3) is 3.91. The number of carbonyl (C=O) groups excluding carboxylic acids is 1. The van der Waals surface area contributed by atoms with Gasteiger partial charge in [-0.3, -0.25) is 4.79 Å². The summed E-state index contributed by atoms with van der Waals surface area (Å²) in [5.74, 6) is 0.503. The molecule has 3 aromatic heterocycles. The van der Waals surface area contributed by atoms with Crippen LogP contribution in [0.4, 0.5) is 5.82 Å². The Morgan fingerprint density at radius 2 is 1.76 bits per heavy atom. The lowest BCUT2D eigenvalue weighted by Crippen LogP contribution is -2.16. The van der Waals surface area contributed by atoms with E-state index in [9.17, 15) is 4.79 Å². The van der Waals surface area contributed by atoms with Gasteiger partial charge in [0.1, 0.15) is 12.1 Å². The number of nitrogens with one attached hydrogen (secondary N) is 1. The number of aryl methyl sites for hydroxylation is 3. The lowest BCUT2D eigenvalue weighted by molar-refractivity contribution is 0.102. The van der Waals surface area contributed by atoms with Crippen molar-refractivity contribution < 1.29 is 4.79 Å². The number of halogens is 2. The first-order chi connectivity index (χ1) is 16.3. The molecule has 0 aliphatic rings. The summed E-state index contributed by atoms with van der Waals surface area (Å²) >= 11 is 12.3. The van der Waals surface area contributed by atoms with Crippen molar-refractivity contribution in [2.75, 3.05) is 5.32 Å². The van der Waals surface area contributed by atoms with Crippen molar-refractivity contribution in [3.05, 3.63) is 87.4 Å². The Morgan fingerprint density at radius 1 is 0.941 bits per heavy atom. The summed E-state index contributed by atoms with van der Waals surface area (Å²) in [5, 5.41) is 13.3. The minimum Gasteiger partial charge on any atom is -0.306 e. The summed E-state index contributed by atoms with van der Waals surface area (Å²) in [6, 6.07) is 12.6. The van der Waals surface area contributed by atoms with Gasteiger partial charge in [-0.2, -0.15) is 14.9 Å². The van der Waals surface area contributed by atoms with Crippen molar-refractivity contribution in [3.63, 3.8) is 0 Å². The molecule has 0 aliphatic heterocycles. The quantitative estimate of drug-likeness (QED) is 0.359. The van der Waals surface area contributed by atoms with E-state index in [-0.39, 0.29) is 5.56 Å². The highest BCUT2D eigenvalue weighted by Crippen LogP contribution is 2.26. The Morgan fingerprint density at radius 3 is 2.56 bits per heavy atom. The van der Waals surface area contributed by atoms with E-state index in [1.165, 1.54) is 18.0 Å². The number of hydrogen-bond donors (Lipinski definition) is 1. The van der Waals surface area contributed by atoms with E-state index >= 15 is 0 Å². The molecular formula is C24H19Cl2N7O. The number of fused-ring (bicyclic) bond motifs is 1. The Balaban J connectivity index is 1.57. The summed E-state index contributed by atoms with van der Waals surface area (Å²) in [4.78, 5) is 21.8. The van der Waals surface area contributed by atoms with Crippen LogP contribution >= 0.6 is 23.2 Å². The lowest BCUT2D eigenvalue weighted by atomic mass is 10.1. The molecule has 0 saturated heterocycles. The zero-order valence-electron chi connectivity index (χ0n) is 18.5. The first kappa shape index (κ1) is 22.1. The van der Waals surface area contributed by atoms with Gasteiger partial charge in [-0.1, -0.05) is 29.3 Å². The van der Waals surface area contributed by atoms with Crippen LogP contribution in [-0.2, 0) is 0 Å². The normalized spacial score (nSPS) is 11.2. The number of benzene rings is 2. The second kappa shape index (κ2) is 8.55. The second-order valence-corrected chi connectivity index (χ2v) is 8.76. The Bertz CT molecular complexity index is 1570. The predicted octanol–water partition coefficient (Wildman–Crippen LogP) is 5.49. The standard InChI is InChI=1S/C24H19Cl2N7O/c1-13-4-6-17(8-14(13)2)32-22-19(11-29-32)23(28-12-27-22)33-21(9-15(3)31-33)30-24(34)18-10-16(25)5-7-20(18)26/h4-12H,1-3H3,(H,30,34). The first-order valence-corrected chi connectivity index (χ1v) is 11.2. The van der Waals surface area contributed by atoms with Crippen LogP contribution in [0.3, 0.4) is 0 Å². The molecule has 0 saturated carbocycles. The predicted molar refractivity (Wildman–Crippen MR) is 132 cm³/mol. The van der Waals surface area contributed by atoms with Gasteiger partial charge in [0.2, 0.25) is 0 Å². The average Bonchev–Trinajstić information content (AvgIpc) is 3.40. The van der Waals surface area contributed by atoms with Crippen LogP contribution in [0.25, 0.3) is 22.5 Å². The van der Waals surface area contributed by atoms with Gasteiger partial charge in [-0.15, -0.1) is 0 Å². The highest BCUT2D eigenvalue weighted by atomic mass is 35.5. The Hall–Kier alpha value is -3.75. The third-order valence-corrected chi connectivity index (χ3v) is 6.09. The van der Waals surface area contributed by atoms with Gasteiger partial charge in [0, 0.05) is 11.1 Å². The Kier molecular flexibility index (Phi) is 5.55. The molecule has 0 unspecified atom stereocenters. The molecule has 0 radical (unpaired) electrons. The van der Waals surface area contributed by atoms with E-state index in [4.69, 9.17) is 23.2 Å². The smallest absolute Gasteiger partial charge is 0.258 e. The molecule has 5 aromatic rings. The molecular weight excluding hydrogens is 473 g/mol. The summed E-state index contributed by atoms with van der Waals surface area (Å²) in [5.41, 5.74) is 4.82. The fourth-order valence-corrected chi connectivity index (χ4v) is 4.03. The van der Waals surface area contributed by atoms with Gasteiger partial charge in [0.15, 0.2) is 11.5 Å². The molecule has 8 nitrogen and oxygen atoms in total. The molecule has 0 bridgehead atoms. The van der Waals surface area contributed by atoms with Crippen LogP contribution in [-0.4, -0.2) is 35.4 Å². The first-order valence-electron chi connectivity index (χ1n) is 10.4. The van der Waals surface area contributed by atoms with Crippen molar-refractivity contribution in [2.45, 2.75) is 20.8 Å². The van der Waals surface area contributed by atoms with E-state index in [1.54, 1.807) is 33.8 Å². The molecule has 0 aliphatic carbocycles. The number of hydrogen-bond acceptors (Lipinski definition) is 5. The average molecular weight is 492 g/mol. The van der Waals surface area contributed by atoms with Gasteiger partial charge in [0.25, 0.3) is 5.91 Å². The number of carbonyl (C=O) groups is 1. The zero-order valence-corrected chi connectivity index (χ0v) is 20.1. The molecule has 0 fully saturated rings. The van der Waals surface area contributed by atoms with E-state index in [0.717, 1.165) is 11.3 Å². The topological polar surface area (TPSA) is 90.5 Å². The van der Waals surface area contributed by atoms with E-state index in [2.05, 4.69) is 45.4 Å². The number of amides is 1. The number of anilines is 1. The van der Waals surface area contributed by atoms with E-state index < -0.39 is 5.91 Å². The van der Waals surface area contributed by atoms with Crippen molar-refractivity contribution in [2.24, 2.45) is 0 Å². The van der Waals surface area contributed by atoms with Crippen LogP contribution in [0.1, 0.15) is 27.2 Å². The monoisotopic (exact) mass is 491 g/mol. The Labute approximate surface area is 205 Å². The largest absolute Gasteiger partial charge is 0.306 e. The van der Waals surface area contributed by atoms with Gasteiger partial charge in [0.05, 0.1) is 33.6 Å². The maximum atomic E-state index is 12.9. The van der Waals surface area contributed by atoms with Gasteiger partial charge < -0.3 is 5.32 Å². The molecule has 1 N–H and O–H groups in total. The molecule has 34 heavy (non-hydrogen) atoms. The maximum Gasteiger partial charge on any atom is 0.258 e. The summed E-state index contributed by atoms with van der Waals surface area (Å²) < 4.78 is 3.31. The van der Waals surface area contributed by atoms with Crippen LogP contribution in [0.5, 0.6) is 0 Å². The minimum atomic E-state index is -0.412. The summed E-state index contributed by atoms with van der Waals surface area (Å²) in [6.07, 6.45) is 3.14. The van der Waals surface area contributed by atoms with Gasteiger partial charge in [-0.05, 0) is 62.2 Å². The highest BCUT2D eigenvalue weighted by Gasteiger charge is 2.19. The maximum absolute atomic E-state index is 12.9. The van der Waals surface area contributed by atoms with Gasteiger partial charge in [-0.25, -0.2) is 14.6 Å². The highest BCUT2D eigenvalue weighted by molar-refractivity contribution is 6.36. The molecule has 2 aromatic carbocycles. The fourth-order valence-electron chi connectivity index (χ4n) is 3.65. The molecule has 5 rings (SSSR count). The summed E-state index contributed by atoms with van der Waals surface area (Å²) in [6.45, 7) is 5.95. The molecule has 10 heteroatoms. The van der Waals surface area contributed by atoms with E-state index in [0.29, 0.717) is 38.4 Å². The number of aromatic nitrogens is 6. The minimum absolute atomic E-state index is 0.259. The van der Waals surface area contributed by atoms with Crippen LogP contribution in [0, 0.1) is 20.8 Å². The molecule has 0 spiro atoms. The van der Waals surface area contributed by atoms with Crippen molar-refractivity contribution >= 4 is 46.0 Å². The molecule has 3 heterocycles. The third-order valence-electron chi connectivity index (χ3n) is 5.53. The molecule has 170 valence electrons. The summed E-state index contributed by atoms with van der Waals surface area (Å²) in [7, 11) is 0. The lowest BCUT2D eigenvalue weighted by Gasteiger charge is -2.10. The van der Waals surface area contributed by atoms with Crippen molar-refractivity contribution in [1.82, 2.24) is 29.5 Å². The molecule has 1 amide bonds. The molecule has 0 atom stereocenters. The fraction of sp³-hybridized carbons (Fsp3) is 0.125. The van der Waals surface area contributed by atoms with Crippen LogP contribution in [0.15, 0.2) is 55.0 Å². The number of rotatable bonds is 4. The van der Waals surface area contributed by atoms with Gasteiger partial charge >= 0.3 is 0 Å². The zero-order chi connectivity index (χ0) is 24.0. The SMILES string of the molecule is Cc1cc(NC(=O)c2cc(Cl)ccc2Cl)n(-c2ncnc3c2cnn3-c2ccc(C)c(C)c2)n1. The van der Waals surface area contributed by atoms with Crippen molar-refractivity contribution in [3.8, 4) is 11.5 Å². The van der Waals surface area contributed by atoms with E-state index in [1.807, 2.05) is 19.1 Å².